The number of fused-ring (bicyclic) bond motifs is 1. The lowest BCUT2D eigenvalue weighted by atomic mass is 9.65. The summed E-state index contributed by atoms with van der Waals surface area (Å²) < 4.78 is 12.1. The SMILES string of the molecule is C=CCN(CCCCC)C(=O)C1N(CCCCO)C(=O)[C@@H]2[C@@H](C(=O)OCC)[C@@]3(CC)CCC12O3. The molecule has 2 unspecified atom stereocenters. The van der Waals surface area contributed by atoms with Crippen LogP contribution in [0.2, 0.25) is 0 Å². The fraction of sp³-hybridized carbons (Fsp3) is 0.808. The van der Waals surface area contributed by atoms with Crippen LogP contribution < -0.4 is 0 Å². The number of ether oxygens (including phenoxy) is 2. The Morgan fingerprint density at radius 2 is 2.00 bits per heavy atom. The summed E-state index contributed by atoms with van der Waals surface area (Å²) in [7, 11) is 0. The van der Waals surface area contributed by atoms with Gasteiger partial charge in [0.05, 0.1) is 18.1 Å². The van der Waals surface area contributed by atoms with Gasteiger partial charge in [-0.1, -0.05) is 32.8 Å². The molecule has 3 rings (SSSR count). The molecule has 0 radical (unpaired) electrons. The topological polar surface area (TPSA) is 96.4 Å². The van der Waals surface area contributed by atoms with Gasteiger partial charge in [-0.3, -0.25) is 14.4 Å². The third-order valence-electron chi connectivity index (χ3n) is 7.96. The molecule has 0 aromatic carbocycles. The molecule has 8 nitrogen and oxygen atoms in total. The highest BCUT2D eigenvalue weighted by Crippen LogP contribution is 2.64. The fourth-order valence-corrected chi connectivity index (χ4v) is 6.40. The molecule has 0 aromatic rings. The van der Waals surface area contributed by atoms with Crippen molar-refractivity contribution >= 4 is 17.8 Å². The van der Waals surface area contributed by atoms with E-state index in [1.165, 1.54) is 0 Å². The van der Waals surface area contributed by atoms with Crippen LogP contribution in [0.5, 0.6) is 0 Å². The Bertz CT molecular complexity index is 772. The summed E-state index contributed by atoms with van der Waals surface area (Å²) in [4.78, 5) is 44.5. The minimum atomic E-state index is -1.02. The van der Waals surface area contributed by atoms with Crippen LogP contribution in [-0.4, -0.2) is 82.8 Å². The minimum Gasteiger partial charge on any atom is -0.466 e. The maximum atomic E-state index is 14.1. The summed E-state index contributed by atoms with van der Waals surface area (Å²) in [5.74, 6) is -2.16. The fourth-order valence-electron chi connectivity index (χ4n) is 6.40. The van der Waals surface area contributed by atoms with Gasteiger partial charge in [0.25, 0.3) is 0 Å². The summed E-state index contributed by atoms with van der Waals surface area (Å²) in [5, 5.41) is 9.29. The number of amides is 2. The summed E-state index contributed by atoms with van der Waals surface area (Å²) in [6.45, 7) is 11.3. The maximum absolute atomic E-state index is 14.1. The van der Waals surface area contributed by atoms with Gasteiger partial charge in [0.1, 0.15) is 17.6 Å². The molecule has 192 valence electrons. The van der Waals surface area contributed by atoms with Crippen LogP contribution in [-0.2, 0) is 23.9 Å². The Morgan fingerprint density at radius 3 is 2.62 bits per heavy atom. The molecule has 1 spiro atoms. The molecule has 0 aromatic heterocycles. The second kappa shape index (κ2) is 11.2. The Hall–Kier alpha value is -1.93. The average Bonchev–Trinajstić information content (AvgIpc) is 3.42. The largest absolute Gasteiger partial charge is 0.466 e. The number of carbonyl (C=O) groups excluding carboxylic acids is 3. The van der Waals surface area contributed by atoms with Gasteiger partial charge in [0.15, 0.2) is 0 Å². The van der Waals surface area contributed by atoms with Gasteiger partial charge in [-0.25, -0.2) is 0 Å². The number of aliphatic hydroxyl groups excluding tert-OH is 1. The van der Waals surface area contributed by atoms with E-state index in [1.807, 2.05) is 6.92 Å². The zero-order chi connectivity index (χ0) is 24.9. The Labute approximate surface area is 203 Å². The molecule has 3 saturated heterocycles. The molecular weight excluding hydrogens is 436 g/mol. The monoisotopic (exact) mass is 478 g/mol. The number of hydrogen-bond acceptors (Lipinski definition) is 6. The van der Waals surface area contributed by atoms with Gasteiger partial charge in [0.2, 0.25) is 11.8 Å². The van der Waals surface area contributed by atoms with Gasteiger partial charge >= 0.3 is 5.97 Å². The first-order valence-electron chi connectivity index (χ1n) is 13.0. The number of carbonyl (C=O) groups is 3. The number of likely N-dealkylation sites (tertiary alicyclic amines) is 1. The summed E-state index contributed by atoms with van der Waals surface area (Å²) in [5.41, 5.74) is -1.79. The van der Waals surface area contributed by atoms with Crippen LogP contribution in [0.1, 0.15) is 72.1 Å². The standard InChI is InChI=1S/C26H42N2O6/c1-5-9-10-16-27(15-6-2)23(31)21-26-14-13-25(7-3,34-26)20(24(32)33-8-4)19(26)22(30)28(21)17-11-12-18-29/h6,19-21,29H,2,5,7-18H2,1,3-4H3/t19-,20-,21?,25+,26?/m0/s1. The van der Waals surface area contributed by atoms with Crippen molar-refractivity contribution in [3.63, 3.8) is 0 Å². The van der Waals surface area contributed by atoms with Crippen LogP contribution in [0.3, 0.4) is 0 Å². The van der Waals surface area contributed by atoms with Crippen LogP contribution >= 0.6 is 0 Å². The van der Waals surface area contributed by atoms with E-state index < -0.39 is 35.0 Å². The Balaban J connectivity index is 2.01. The van der Waals surface area contributed by atoms with Crippen LogP contribution in [0, 0.1) is 11.8 Å². The van der Waals surface area contributed by atoms with Crippen LogP contribution in [0.25, 0.3) is 0 Å². The summed E-state index contributed by atoms with van der Waals surface area (Å²) in [6, 6.07) is -0.780. The Kier molecular flexibility index (Phi) is 8.79. The summed E-state index contributed by atoms with van der Waals surface area (Å²) in [6.07, 6.45) is 7.54. The quantitative estimate of drug-likeness (QED) is 0.234. The van der Waals surface area contributed by atoms with E-state index in [-0.39, 0.29) is 25.0 Å². The summed E-state index contributed by atoms with van der Waals surface area (Å²) >= 11 is 0. The lowest BCUT2D eigenvalue weighted by Crippen LogP contribution is -2.56. The smallest absolute Gasteiger partial charge is 0.312 e. The highest BCUT2D eigenvalue weighted by Gasteiger charge is 2.79. The second-order valence-corrected chi connectivity index (χ2v) is 9.83. The van der Waals surface area contributed by atoms with Crippen LogP contribution in [0.4, 0.5) is 0 Å². The number of nitrogens with zero attached hydrogens (tertiary/aromatic N) is 2. The number of unbranched alkanes of at least 4 members (excludes halogenated alkanes) is 3. The molecule has 1 N–H and O–H groups in total. The third-order valence-corrected chi connectivity index (χ3v) is 7.96. The van der Waals surface area contributed by atoms with Gasteiger partial charge in [-0.15, -0.1) is 6.58 Å². The molecule has 5 atom stereocenters. The molecule has 2 amide bonds. The van der Waals surface area contributed by atoms with Gasteiger partial charge < -0.3 is 24.4 Å². The molecule has 3 aliphatic heterocycles. The molecule has 34 heavy (non-hydrogen) atoms. The first-order valence-corrected chi connectivity index (χ1v) is 13.0. The Morgan fingerprint density at radius 1 is 1.24 bits per heavy atom. The highest BCUT2D eigenvalue weighted by atomic mass is 16.6. The number of aliphatic hydroxyl groups is 1. The van der Waals surface area contributed by atoms with Gasteiger partial charge in [-0.2, -0.15) is 0 Å². The third kappa shape index (κ3) is 4.39. The molecular formula is C26H42N2O6. The molecule has 3 aliphatic rings. The van der Waals surface area contributed by atoms with Gasteiger partial charge in [-0.05, 0) is 45.4 Å². The lowest BCUT2D eigenvalue weighted by Gasteiger charge is -2.37. The number of esters is 1. The van der Waals surface area contributed by atoms with Crippen molar-refractivity contribution in [2.75, 3.05) is 32.8 Å². The minimum absolute atomic E-state index is 0.0235. The van der Waals surface area contributed by atoms with Crippen LogP contribution in [0.15, 0.2) is 12.7 Å². The predicted molar refractivity (Wildman–Crippen MR) is 128 cm³/mol. The van der Waals surface area contributed by atoms with E-state index in [4.69, 9.17) is 9.47 Å². The van der Waals surface area contributed by atoms with Crippen molar-refractivity contribution in [2.24, 2.45) is 11.8 Å². The average molecular weight is 479 g/mol. The van der Waals surface area contributed by atoms with Crippen molar-refractivity contribution in [3.8, 4) is 0 Å². The molecule has 8 heteroatoms. The van der Waals surface area contributed by atoms with E-state index in [0.29, 0.717) is 51.7 Å². The predicted octanol–water partition coefficient (Wildman–Crippen LogP) is 2.68. The van der Waals surface area contributed by atoms with E-state index >= 15 is 0 Å². The van der Waals surface area contributed by atoms with Crippen molar-refractivity contribution in [3.05, 3.63) is 12.7 Å². The van der Waals surface area contributed by atoms with E-state index in [1.54, 1.807) is 22.8 Å². The van der Waals surface area contributed by atoms with E-state index in [0.717, 1.165) is 19.3 Å². The zero-order valence-electron chi connectivity index (χ0n) is 21.1. The molecule has 2 bridgehead atoms. The first-order chi connectivity index (χ1) is 16.4. The van der Waals surface area contributed by atoms with Crippen molar-refractivity contribution in [1.82, 2.24) is 9.80 Å². The highest BCUT2D eigenvalue weighted by molar-refractivity contribution is 5.98. The molecule has 0 saturated carbocycles. The number of rotatable bonds is 14. The normalized spacial score (nSPS) is 31.6. The first kappa shape index (κ1) is 26.7. The molecule has 3 fully saturated rings. The van der Waals surface area contributed by atoms with E-state index in [2.05, 4.69) is 13.5 Å². The molecule has 3 heterocycles. The number of hydrogen-bond donors (Lipinski definition) is 1. The van der Waals surface area contributed by atoms with Gasteiger partial charge in [0, 0.05) is 26.2 Å². The zero-order valence-corrected chi connectivity index (χ0v) is 21.1. The van der Waals surface area contributed by atoms with E-state index in [9.17, 15) is 19.5 Å². The van der Waals surface area contributed by atoms with Crippen molar-refractivity contribution in [2.45, 2.75) is 89.4 Å². The maximum Gasteiger partial charge on any atom is 0.312 e. The van der Waals surface area contributed by atoms with Crippen molar-refractivity contribution in [1.29, 1.82) is 0 Å². The lowest BCUT2D eigenvalue weighted by molar-refractivity contribution is -0.161. The molecule has 0 aliphatic carbocycles. The van der Waals surface area contributed by atoms with Crippen molar-refractivity contribution < 1.29 is 29.0 Å². The second-order valence-electron chi connectivity index (χ2n) is 9.83.